The molecule has 3 aromatic heterocycles. The number of carbonyl (C=O) groups excluding carboxylic acids is 1. The second kappa shape index (κ2) is 7.89. The zero-order valence-electron chi connectivity index (χ0n) is 14.1. The van der Waals surface area contributed by atoms with Crippen molar-refractivity contribution in [3.8, 4) is 10.8 Å². The quantitative estimate of drug-likeness (QED) is 0.473. The van der Waals surface area contributed by atoms with Gasteiger partial charge >= 0.3 is 0 Å². The lowest BCUT2D eigenvalue weighted by Gasteiger charge is -2.09. The van der Waals surface area contributed by atoms with E-state index in [0.717, 1.165) is 15.0 Å². The smallest absolute Gasteiger partial charge is 0.231 e. The van der Waals surface area contributed by atoms with E-state index in [1.165, 1.54) is 11.3 Å². The van der Waals surface area contributed by atoms with Crippen LogP contribution in [-0.2, 0) is 17.8 Å². The second-order valence-corrected chi connectivity index (χ2v) is 7.62. The summed E-state index contributed by atoms with van der Waals surface area (Å²) >= 11 is 4.88. The summed E-state index contributed by atoms with van der Waals surface area (Å²) in [5.74, 6) is 1.23. The number of rotatable bonds is 6. The van der Waals surface area contributed by atoms with Gasteiger partial charge in [-0.3, -0.25) is 4.79 Å². The van der Waals surface area contributed by atoms with Crippen LogP contribution in [0.2, 0.25) is 0 Å². The highest BCUT2D eigenvalue weighted by molar-refractivity contribution is 9.10. The van der Waals surface area contributed by atoms with E-state index < -0.39 is 0 Å². The van der Waals surface area contributed by atoms with Crippen LogP contribution in [0.3, 0.4) is 0 Å². The average Bonchev–Trinajstić information content (AvgIpc) is 3.39. The molecule has 1 amide bonds. The van der Waals surface area contributed by atoms with Crippen LogP contribution in [-0.4, -0.2) is 20.7 Å². The van der Waals surface area contributed by atoms with E-state index in [1.807, 2.05) is 41.8 Å². The van der Waals surface area contributed by atoms with Gasteiger partial charge < -0.3 is 9.73 Å². The van der Waals surface area contributed by atoms with Gasteiger partial charge in [-0.05, 0) is 29.8 Å². The fourth-order valence-electron chi connectivity index (χ4n) is 2.58. The summed E-state index contributed by atoms with van der Waals surface area (Å²) in [7, 11) is 0. The third kappa shape index (κ3) is 4.35. The molecule has 0 bridgehead atoms. The van der Waals surface area contributed by atoms with Gasteiger partial charge in [-0.15, -0.1) is 11.3 Å². The summed E-state index contributed by atoms with van der Waals surface area (Å²) in [5.41, 5.74) is 1.81. The van der Waals surface area contributed by atoms with Gasteiger partial charge in [-0.2, -0.15) is 5.10 Å². The molecule has 0 aliphatic heterocycles. The van der Waals surface area contributed by atoms with Gasteiger partial charge in [0.15, 0.2) is 10.8 Å². The Bertz CT molecular complexity index is 1040. The number of nitrogens with zero attached hydrogens (tertiary/aromatic N) is 3. The molecule has 6 nitrogen and oxygen atoms in total. The molecule has 27 heavy (non-hydrogen) atoms. The summed E-state index contributed by atoms with van der Waals surface area (Å²) in [5, 5.41) is 9.84. The molecule has 8 heteroatoms. The van der Waals surface area contributed by atoms with Crippen molar-refractivity contribution in [2.24, 2.45) is 0 Å². The van der Waals surface area contributed by atoms with Crippen molar-refractivity contribution in [2.75, 3.05) is 5.32 Å². The summed E-state index contributed by atoms with van der Waals surface area (Å²) in [6, 6.07) is 13.4. The predicted molar refractivity (Wildman–Crippen MR) is 108 cm³/mol. The van der Waals surface area contributed by atoms with Crippen LogP contribution in [0.4, 0.5) is 5.82 Å². The lowest BCUT2D eigenvalue weighted by atomic mass is 10.2. The van der Waals surface area contributed by atoms with Crippen LogP contribution < -0.4 is 5.32 Å². The Labute approximate surface area is 168 Å². The van der Waals surface area contributed by atoms with Gasteiger partial charge in [-0.1, -0.05) is 28.1 Å². The monoisotopic (exact) mass is 442 g/mol. The van der Waals surface area contributed by atoms with Gasteiger partial charge in [0, 0.05) is 15.9 Å². The molecule has 1 N–H and O–H groups in total. The maximum Gasteiger partial charge on any atom is 0.231 e. The highest BCUT2D eigenvalue weighted by atomic mass is 79.9. The van der Waals surface area contributed by atoms with Gasteiger partial charge in [-0.25, -0.2) is 9.67 Å². The van der Waals surface area contributed by atoms with E-state index in [9.17, 15) is 4.79 Å². The largest absolute Gasteiger partial charge is 0.462 e. The molecule has 0 fully saturated rings. The number of hydrogen-bond donors (Lipinski definition) is 1. The number of furan rings is 1. The first-order valence-electron chi connectivity index (χ1n) is 8.22. The van der Waals surface area contributed by atoms with Crippen LogP contribution >= 0.6 is 27.3 Å². The Kier molecular flexibility index (Phi) is 5.17. The molecule has 0 spiro atoms. The second-order valence-electron chi connectivity index (χ2n) is 5.85. The number of aromatic nitrogens is 3. The standard InChI is InChI=1S/C19H15BrN4O2S/c20-14-5-3-13(4-6-14)11-24-17(7-8-21-24)23-18(25)10-15-12-27-19(22-15)16-2-1-9-26-16/h1-9,12H,10-11H2,(H,23,25). The van der Waals surface area contributed by atoms with Crippen molar-refractivity contribution in [1.29, 1.82) is 0 Å². The summed E-state index contributed by atoms with van der Waals surface area (Å²) in [6.07, 6.45) is 3.47. The molecule has 0 atom stereocenters. The van der Waals surface area contributed by atoms with Crippen LogP contribution in [0.1, 0.15) is 11.3 Å². The molecule has 0 aliphatic carbocycles. The van der Waals surface area contributed by atoms with Crippen LogP contribution in [0.25, 0.3) is 10.8 Å². The Hall–Kier alpha value is -2.71. The van der Waals surface area contributed by atoms with Crippen molar-refractivity contribution in [1.82, 2.24) is 14.8 Å². The number of carbonyl (C=O) groups is 1. The lowest BCUT2D eigenvalue weighted by Crippen LogP contribution is -2.18. The molecule has 0 unspecified atom stereocenters. The summed E-state index contributed by atoms with van der Waals surface area (Å²) in [6.45, 7) is 0.579. The van der Waals surface area contributed by atoms with E-state index >= 15 is 0 Å². The first-order valence-corrected chi connectivity index (χ1v) is 9.89. The molecule has 0 saturated heterocycles. The third-order valence-electron chi connectivity index (χ3n) is 3.86. The molecule has 136 valence electrons. The van der Waals surface area contributed by atoms with E-state index in [2.05, 4.69) is 31.3 Å². The van der Waals surface area contributed by atoms with Crippen LogP contribution in [0.5, 0.6) is 0 Å². The predicted octanol–water partition coefficient (Wildman–Crippen LogP) is 4.59. The number of anilines is 1. The van der Waals surface area contributed by atoms with Crippen molar-refractivity contribution in [3.05, 3.63) is 76.0 Å². The van der Waals surface area contributed by atoms with E-state index in [-0.39, 0.29) is 12.3 Å². The Balaban J connectivity index is 1.40. The Morgan fingerprint density at radius 3 is 2.85 bits per heavy atom. The third-order valence-corrected chi connectivity index (χ3v) is 5.29. The molecule has 4 rings (SSSR count). The maximum absolute atomic E-state index is 12.4. The number of nitrogens with one attached hydrogen (secondary N) is 1. The molecular weight excluding hydrogens is 428 g/mol. The topological polar surface area (TPSA) is 73.0 Å². The Morgan fingerprint density at radius 1 is 1.22 bits per heavy atom. The molecule has 0 radical (unpaired) electrons. The average molecular weight is 443 g/mol. The fourth-order valence-corrected chi connectivity index (χ4v) is 3.63. The molecular formula is C19H15BrN4O2S. The minimum absolute atomic E-state index is 0.135. The molecule has 4 aromatic rings. The number of benzene rings is 1. The first kappa shape index (κ1) is 17.7. The van der Waals surface area contributed by atoms with Gasteiger partial charge in [0.1, 0.15) is 5.82 Å². The molecule has 1 aromatic carbocycles. The minimum Gasteiger partial charge on any atom is -0.462 e. The van der Waals surface area contributed by atoms with E-state index in [4.69, 9.17) is 4.42 Å². The van der Waals surface area contributed by atoms with E-state index in [1.54, 1.807) is 23.2 Å². The van der Waals surface area contributed by atoms with Crippen molar-refractivity contribution >= 4 is 39.0 Å². The number of thiazole rings is 1. The molecule has 0 saturated carbocycles. The summed E-state index contributed by atoms with van der Waals surface area (Å²) < 4.78 is 8.12. The van der Waals surface area contributed by atoms with Crippen LogP contribution in [0.15, 0.2) is 69.2 Å². The van der Waals surface area contributed by atoms with Gasteiger partial charge in [0.05, 0.1) is 31.1 Å². The summed E-state index contributed by atoms with van der Waals surface area (Å²) in [4.78, 5) is 16.9. The normalized spacial score (nSPS) is 10.9. The van der Waals surface area contributed by atoms with Gasteiger partial charge in [0.25, 0.3) is 0 Å². The number of halogens is 1. The van der Waals surface area contributed by atoms with Crippen molar-refractivity contribution in [2.45, 2.75) is 13.0 Å². The van der Waals surface area contributed by atoms with Crippen molar-refractivity contribution < 1.29 is 9.21 Å². The SMILES string of the molecule is O=C(Cc1csc(-c2ccco2)n1)Nc1ccnn1Cc1ccc(Br)cc1. The lowest BCUT2D eigenvalue weighted by molar-refractivity contribution is -0.115. The fraction of sp³-hybridized carbons (Fsp3) is 0.105. The highest BCUT2D eigenvalue weighted by Gasteiger charge is 2.12. The molecule has 0 aliphatic rings. The van der Waals surface area contributed by atoms with Crippen LogP contribution in [0, 0.1) is 0 Å². The van der Waals surface area contributed by atoms with Crippen molar-refractivity contribution in [3.63, 3.8) is 0 Å². The van der Waals surface area contributed by atoms with E-state index in [0.29, 0.717) is 23.8 Å². The first-order chi connectivity index (χ1) is 13.2. The zero-order valence-corrected chi connectivity index (χ0v) is 16.5. The minimum atomic E-state index is -0.135. The number of hydrogen-bond acceptors (Lipinski definition) is 5. The van der Waals surface area contributed by atoms with Gasteiger partial charge in [0.2, 0.25) is 5.91 Å². The molecule has 3 heterocycles. The maximum atomic E-state index is 12.4. The highest BCUT2D eigenvalue weighted by Crippen LogP contribution is 2.24. The number of amides is 1. The Morgan fingerprint density at radius 2 is 2.07 bits per heavy atom. The zero-order chi connectivity index (χ0) is 18.6.